The van der Waals surface area contributed by atoms with Crippen LogP contribution in [0.2, 0.25) is 0 Å². The molecule has 284 valence electrons. The van der Waals surface area contributed by atoms with Gasteiger partial charge in [0.1, 0.15) is 29.8 Å². The number of methoxy groups -OCH3 is 1. The van der Waals surface area contributed by atoms with Gasteiger partial charge in [0.05, 0.1) is 36.8 Å². The summed E-state index contributed by atoms with van der Waals surface area (Å²) in [6.45, 7) is 11.3. The molecule has 1 aromatic heterocycles. The van der Waals surface area contributed by atoms with Crippen LogP contribution in [-0.4, -0.2) is 81.5 Å². The monoisotopic (exact) mass is 734 g/mol. The molecule has 0 spiro atoms. The fourth-order valence-electron chi connectivity index (χ4n) is 8.68. The van der Waals surface area contributed by atoms with E-state index >= 15 is 0 Å². The van der Waals surface area contributed by atoms with E-state index in [4.69, 9.17) is 24.2 Å². The third kappa shape index (κ3) is 6.64. The van der Waals surface area contributed by atoms with E-state index in [-0.39, 0.29) is 30.0 Å². The average molecular weight is 735 g/mol. The number of carbonyl (C=O) groups is 3. The lowest BCUT2D eigenvalue weighted by Crippen LogP contribution is -2.53. The van der Waals surface area contributed by atoms with Crippen LogP contribution in [-0.2, 0) is 27.3 Å². The largest absolute Gasteiger partial charge is 0.488 e. The van der Waals surface area contributed by atoms with Crippen LogP contribution in [0.3, 0.4) is 0 Å². The average Bonchev–Trinajstić information content (AvgIpc) is 3.97. The zero-order valence-corrected chi connectivity index (χ0v) is 32.1. The molecule has 8 rings (SSSR count). The van der Waals surface area contributed by atoms with Crippen LogP contribution in [0.25, 0.3) is 28.1 Å². The number of fused-ring (bicyclic) bond motifs is 5. The maximum atomic E-state index is 13.8. The Bertz CT molecular complexity index is 2070. The summed E-state index contributed by atoms with van der Waals surface area (Å²) >= 11 is 0. The Balaban J connectivity index is 1.01. The molecule has 54 heavy (non-hydrogen) atoms. The summed E-state index contributed by atoms with van der Waals surface area (Å²) in [5.41, 5.74) is 10.5. The van der Waals surface area contributed by atoms with Gasteiger partial charge in [0.25, 0.3) is 0 Å². The Morgan fingerprint density at radius 3 is 2.50 bits per heavy atom. The third-order valence-electron chi connectivity index (χ3n) is 11.3. The van der Waals surface area contributed by atoms with Crippen molar-refractivity contribution in [1.29, 1.82) is 0 Å². The van der Waals surface area contributed by atoms with Crippen LogP contribution >= 0.6 is 0 Å². The molecule has 3 amide bonds. The molecule has 5 heterocycles. The number of allylic oxidation sites excluding steroid dienone is 1. The molecule has 3 aromatic rings. The Morgan fingerprint density at radius 2 is 1.74 bits per heavy atom. The third-order valence-corrected chi connectivity index (χ3v) is 11.3. The van der Waals surface area contributed by atoms with Crippen molar-refractivity contribution in [3.63, 3.8) is 0 Å². The summed E-state index contributed by atoms with van der Waals surface area (Å²) in [7, 11) is 1.31. The number of H-pyrrole nitrogens is 1. The quantitative estimate of drug-likeness (QED) is 0.266. The van der Waals surface area contributed by atoms with Crippen molar-refractivity contribution >= 4 is 29.5 Å². The van der Waals surface area contributed by atoms with E-state index in [2.05, 4.69) is 40.6 Å². The molecule has 0 saturated carbocycles. The van der Waals surface area contributed by atoms with Gasteiger partial charge in [0.2, 0.25) is 5.91 Å². The minimum Gasteiger partial charge on any atom is -0.488 e. The topological polar surface area (TPSA) is 138 Å². The number of nitrogens with zero attached hydrogens (tertiary/aromatic N) is 4. The number of ether oxygens (including phenoxy) is 3. The Labute approximate surface area is 316 Å². The minimum atomic E-state index is -0.656. The van der Waals surface area contributed by atoms with Crippen LogP contribution in [0, 0.1) is 5.92 Å². The number of alkyl carbamates (subject to hydrolysis) is 1. The van der Waals surface area contributed by atoms with Crippen molar-refractivity contribution in [1.82, 2.24) is 25.1 Å². The number of nitrogens with one attached hydrogen (secondary N) is 2. The van der Waals surface area contributed by atoms with E-state index in [0.717, 1.165) is 101 Å². The van der Waals surface area contributed by atoms with Gasteiger partial charge >= 0.3 is 12.2 Å². The summed E-state index contributed by atoms with van der Waals surface area (Å²) in [6.07, 6.45) is 7.05. The van der Waals surface area contributed by atoms with Crippen LogP contribution in [0.4, 0.5) is 9.59 Å². The molecular formula is C42H50N6O6. The van der Waals surface area contributed by atoms with E-state index in [0.29, 0.717) is 19.7 Å². The zero-order valence-electron chi connectivity index (χ0n) is 32.1. The second-order valence-electron chi connectivity index (χ2n) is 16.5. The number of hydrogen-bond donors (Lipinski definition) is 2. The predicted molar refractivity (Wildman–Crippen MR) is 205 cm³/mol. The van der Waals surface area contributed by atoms with E-state index in [1.807, 2.05) is 45.7 Å². The van der Waals surface area contributed by atoms with Crippen molar-refractivity contribution < 1.29 is 28.6 Å². The van der Waals surface area contributed by atoms with Crippen LogP contribution in [0.1, 0.15) is 102 Å². The fraction of sp³-hybridized carbons (Fsp3) is 0.500. The number of hydrogen-bond acceptors (Lipinski definition) is 8. The van der Waals surface area contributed by atoms with Gasteiger partial charge in [-0.1, -0.05) is 26.0 Å². The lowest BCUT2D eigenvalue weighted by atomic mass is 9.85. The van der Waals surface area contributed by atoms with Gasteiger partial charge < -0.3 is 29.4 Å². The van der Waals surface area contributed by atoms with E-state index < -0.39 is 17.7 Å². The zero-order chi connectivity index (χ0) is 37.9. The number of benzene rings is 2. The van der Waals surface area contributed by atoms with E-state index in [1.165, 1.54) is 18.2 Å². The van der Waals surface area contributed by atoms with Crippen LogP contribution in [0.5, 0.6) is 5.75 Å². The van der Waals surface area contributed by atoms with Gasteiger partial charge in [-0.25, -0.2) is 14.6 Å². The first-order chi connectivity index (χ1) is 25.9. The molecule has 1 unspecified atom stereocenters. The number of imidazole rings is 1. The van der Waals surface area contributed by atoms with Gasteiger partial charge in [-0.15, -0.1) is 0 Å². The van der Waals surface area contributed by atoms with Crippen molar-refractivity contribution in [2.75, 3.05) is 20.2 Å². The predicted octanol–water partition coefficient (Wildman–Crippen LogP) is 7.58. The summed E-state index contributed by atoms with van der Waals surface area (Å²) < 4.78 is 16.9. The van der Waals surface area contributed by atoms with E-state index in [9.17, 15) is 14.4 Å². The van der Waals surface area contributed by atoms with Crippen molar-refractivity contribution in [2.45, 2.75) is 110 Å². The van der Waals surface area contributed by atoms with Crippen LogP contribution in [0.15, 0.2) is 47.1 Å². The first kappa shape index (κ1) is 35.9. The molecule has 5 aliphatic rings. The molecule has 12 nitrogen and oxygen atoms in total. The van der Waals surface area contributed by atoms with Gasteiger partial charge in [-0.3, -0.25) is 14.7 Å². The summed E-state index contributed by atoms with van der Waals surface area (Å²) in [5, 5.41) is 2.75. The molecule has 1 aliphatic carbocycles. The number of likely N-dealkylation sites (tertiary alicyclic amines) is 2. The molecule has 0 bridgehead atoms. The standard InChI is InChI=1S/C42H50N6O6/c1-23(2)36(46-40(50)52-6)39(49)47-15-7-9-33(47)31-19-26-12-11-24-18-30-28-14-13-25(17-27(28)22-53-35(30)20-29(24)37(26)44-31)32-21-43-38(45-32)34-10-8-16-48(34)41(51)54-42(3,4)5/h13-14,17-18,20-21,23,33-34,36H,7-12,15-16,19,22H2,1-6H3,(H,43,45)(H,46,50)/t33-,34?,36-/m0/s1. The summed E-state index contributed by atoms with van der Waals surface area (Å²) in [4.78, 5) is 55.9. The number of rotatable bonds is 6. The maximum Gasteiger partial charge on any atom is 0.410 e. The highest BCUT2D eigenvalue weighted by molar-refractivity contribution is 6.04. The molecule has 0 radical (unpaired) electrons. The number of aliphatic imine (C=N–C) groups is 1. The smallest absolute Gasteiger partial charge is 0.410 e. The molecular weight excluding hydrogens is 684 g/mol. The van der Waals surface area contributed by atoms with Crippen molar-refractivity contribution in [2.24, 2.45) is 10.9 Å². The number of aryl methyl sites for hydroxylation is 1. The van der Waals surface area contributed by atoms with Crippen molar-refractivity contribution in [3.8, 4) is 28.1 Å². The summed E-state index contributed by atoms with van der Waals surface area (Å²) in [5.74, 6) is 1.46. The normalized spacial score (nSPS) is 20.8. The van der Waals surface area contributed by atoms with Gasteiger partial charge in [-0.05, 0) is 111 Å². The molecule has 2 aromatic carbocycles. The summed E-state index contributed by atoms with van der Waals surface area (Å²) in [6, 6.07) is 10.0. The molecule has 2 N–H and O–H groups in total. The second kappa shape index (κ2) is 13.9. The van der Waals surface area contributed by atoms with Gasteiger partial charge in [0.15, 0.2) is 0 Å². The van der Waals surface area contributed by atoms with Gasteiger partial charge in [0, 0.05) is 36.3 Å². The lowest BCUT2D eigenvalue weighted by molar-refractivity contribution is -0.134. The Hall–Kier alpha value is -5.13. The highest BCUT2D eigenvalue weighted by Crippen LogP contribution is 2.47. The first-order valence-corrected chi connectivity index (χ1v) is 19.3. The van der Waals surface area contributed by atoms with Gasteiger partial charge in [-0.2, -0.15) is 0 Å². The minimum absolute atomic E-state index is 0.0804. The Kier molecular flexibility index (Phi) is 9.26. The molecule has 12 heteroatoms. The number of aromatic amines is 1. The SMILES string of the molecule is COC(=O)N[C@H](C(=O)N1CCC[C@H]1C1=NC2=C(CCc3cc4c(cc32)OCc2cc(-c3cnc(C5CCCN5C(=O)OC(C)(C)C)[nH]3)ccc2-4)C1)C(C)C. The number of aromatic nitrogens is 2. The highest BCUT2D eigenvalue weighted by atomic mass is 16.6. The molecule has 2 saturated heterocycles. The Morgan fingerprint density at radius 1 is 0.963 bits per heavy atom. The number of carbonyl (C=O) groups excluding carboxylic acids is 3. The first-order valence-electron chi connectivity index (χ1n) is 19.3. The van der Waals surface area contributed by atoms with Crippen molar-refractivity contribution in [3.05, 3.63) is 64.6 Å². The van der Waals surface area contributed by atoms with E-state index in [1.54, 1.807) is 4.90 Å². The highest BCUT2D eigenvalue weighted by Gasteiger charge is 2.40. The molecule has 4 aliphatic heterocycles. The molecule has 3 atom stereocenters. The fourth-order valence-corrected chi connectivity index (χ4v) is 8.68. The van der Waals surface area contributed by atoms with Crippen LogP contribution < -0.4 is 10.1 Å². The number of amides is 3. The lowest BCUT2D eigenvalue weighted by Gasteiger charge is -2.31. The maximum absolute atomic E-state index is 13.8. The second-order valence-corrected chi connectivity index (χ2v) is 16.5. The molecule has 2 fully saturated rings.